The van der Waals surface area contributed by atoms with Crippen molar-refractivity contribution in [3.8, 4) is 11.5 Å². The smallest absolute Gasteiger partial charge is 0.133 e. The third kappa shape index (κ3) is 9.56. The maximum atomic E-state index is 11.8. The molecule has 218 valence electrons. The van der Waals surface area contributed by atoms with Crippen molar-refractivity contribution in [2.24, 2.45) is 5.18 Å². The molecule has 0 aliphatic carbocycles. The number of fused-ring (bicyclic) bond motifs is 1. The first-order valence-corrected chi connectivity index (χ1v) is 14.9. The number of hydrogen-bond acceptors (Lipinski definition) is 7. The van der Waals surface area contributed by atoms with E-state index in [2.05, 4.69) is 76.5 Å². The van der Waals surface area contributed by atoms with Crippen LogP contribution in [-0.4, -0.2) is 25.2 Å². The molecular formula is C33H46N2O4S. The summed E-state index contributed by atoms with van der Waals surface area (Å²) >= 11 is 1.83. The van der Waals surface area contributed by atoms with E-state index in [1.54, 1.807) is 26.4 Å². The van der Waals surface area contributed by atoms with Crippen LogP contribution in [0.1, 0.15) is 84.5 Å². The molecule has 0 heterocycles. The summed E-state index contributed by atoms with van der Waals surface area (Å²) in [5, 5.41) is 14.1. The number of anilines is 1. The number of benzene rings is 2. The van der Waals surface area contributed by atoms with Crippen molar-refractivity contribution < 1.29 is 14.7 Å². The van der Waals surface area contributed by atoms with E-state index in [1.807, 2.05) is 17.8 Å². The minimum absolute atomic E-state index is 0.0506. The first-order valence-electron chi connectivity index (χ1n) is 13.8. The van der Waals surface area contributed by atoms with Gasteiger partial charge >= 0.3 is 0 Å². The Labute approximate surface area is 244 Å². The third-order valence-corrected chi connectivity index (χ3v) is 8.00. The normalized spacial score (nSPS) is 12.6. The second-order valence-corrected chi connectivity index (χ2v) is 11.8. The molecule has 1 atom stereocenters. The zero-order chi connectivity index (χ0) is 29.7. The maximum Gasteiger partial charge on any atom is 0.133 e. The van der Waals surface area contributed by atoms with E-state index in [-0.39, 0.29) is 10.9 Å². The lowest BCUT2D eigenvalue weighted by Crippen LogP contribution is -2.03. The first kappa shape index (κ1) is 33.2. The molecule has 0 aliphatic heterocycles. The fourth-order valence-corrected chi connectivity index (χ4v) is 5.76. The minimum atomic E-state index is 0.0506. The van der Waals surface area contributed by atoms with Crippen LogP contribution in [-0.2, 0) is 0 Å². The zero-order valence-electron chi connectivity index (χ0n) is 25.4. The fourth-order valence-electron chi connectivity index (χ4n) is 4.56. The number of ether oxygens (including phenoxy) is 2. The van der Waals surface area contributed by atoms with Gasteiger partial charge in [0, 0.05) is 16.6 Å². The van der Waals surface area contributed by atoms with E-state index in [9.17, 15) is 10.1 Å². The van der Waals surface area contributed by atoms with Crippen LogP contribution in [0.4, 0.5) is 11.4 Å². The van der Waals surface area contributed by atoms with E-state index < -0.39 is 0 Å². The number of nitrogens with one attached hydrogen (secondary N) is 1. The predicted octanol–water partition coefficient (Wildman–Crippen LogP) is 10.6. The van der Waals surface area contributed by atoms with Crippen LogP contribution in [0, 0.1) is 4.91 Å². The van der Waals surface area contributed by atoms with E-state index in [1.165, 1.54) is 22.3 Å². The highest BCUT2D eigenvalue weighted by molar-refractivity contribution is 7.99. The summed E-state index contributed by atoms with van der Waals surface area (Å²) in [7, 11) is 3.18. The summed E-state index contributed by atoms with van der Waals surface area (Å²) < 4.78 is 11.6. The number of allylic oxidation sites excluding steroid dienone is 7. The van der Waals surface area contributed by atoms with Gasteiger partial charge in [-0.2, -0.15) is 0 Å². The van der Waals surface area contributed by atoms with Crippen molar-refractivity contribution in [1.29, 1.82) is 0 Å². The Hall–Kier alpha value is -3.03. The highest BCUT2D eigenvalue weighted by Gasteiger charge is 2.24. The van der Waals surface area contributed by atoms with Crippen molar-refractivity contribution in [3.63, 3.8) is 0 Å². The standard InChI is InChI=1S/C33H46N2O4S/c1-22(2)11-9-12-24(5)13-10-14-25(6)19-20-40-30(18-15-23(3)4)26-21-29(38-7)31-27(34-36)16-17-28(35-37)32(31)33(26)39-8/h11,13,15-17,19,21,30,34,36H,9-10,12,14,18,20H2,1-8H3/b24-13+,25-19+. The summed E-state index contributed by atoms with van der Waals surface area (Å²) in [5.74, 6) is 1.95. The number of nitrogens with zero attached hydrogens (tertiary/aromatic N) is 1. The van der Waals surface area contributed by atoms with Crippen molar-refractivity contribution in [2.75, 3.05) is 25.5 Å². The number of nitroso groups, excluding NO2 is 1. The summed E-state index contributed by atoms with van der Waals surface area (Å²) in [6, 6.07) is 5.12. The zero-order valence-corrected chi connectivity index (χ0v) is 26.2. The number of thioether (sulfide) groups is 1. The van der Waals surface area contributed by atoms with Crippen molar-refractivity contribution in [2.45, 2.75) is 78.9 Å². The molecule has 0 spiro atoms. The Bertz CT molecular complexity index is 1270. The van der Waals surface area contributed by atoms with Gasteiger partial charge in [0.1, 0.15) is 17.2 Å². The topological polar surface area (TPSA) is 80.2 Å². The van der Waals surface area contributed by atoms with Crippen LogP contribution in [0.3, 0.4) is 0 Å². The number of methoxy groups -OCH3 is 2. The van der Waals surface area contributed by atoms with Crippen LogP contribution in [0.15, 0.2) is 70.0 Å². The van der Waals surface area contributed by atoms with Gasteiger partial charge in [0.15, 0.2) is 0 Å². The van der Waals surface area contributed by atoms with E-state index >= 15 is 0 Å². The van der Waals surface area contributed by atoms with Crippen LogP contribution in [0.2, 0.25) is 0 Å². The molecule has 2 aromatic rings. The van der Waals surface area contributed by atoms with Gasteiger partial charge in [-0.1, -0.05) is 46.6 Å². The van der Waals surface area contributed by atoms with E-state index in [0.717, 1.165) is 43.4 Å². The van der Waals surface area contributed by atoms with Gasteiger partial charge in [-0.05, 0) is 97.0 Å². The van der Waals surface area contributed by atoms with Gasteiger partial charge < -0.3 is 9.47 Å². The van der Waals surface area contributed by atoms with Gasteiger partial charge in [0.2, 0.25) is 0 Å². The molecule has 0 saturated heterocycles. The van der Waals surface area contributed by atoms with Gasteiger partial charge in [-0.3, -0.25) is 10.7 Å². The highest BCUT2D eigenvalue weighted by Crippen LogP contribution is 2.50. The first-order chi connectivity index (χ1) is 19.2. The molecule has 0 fully saturated rings. The molecule has 6 nitrogen and oxygen atoms in total. The van der Waals surface area contributed by atoms with Gasteiger partial charge in [-0.25, -0.2) is 0 Å². The molecule has 0 amide bonds. The molecule has 40 heavy (non-hydrogen) atoms. The molecule has 0 saturated carbocycles. The maximum absolute atomic E-state index is 11.8. The van der Waals surface area contributed by atoms with Crippen LogP contribution in [0.25, 0.3) is 10.8 Å². The van der Waals surface area contributed by atoms with Gasteiger partial charge in [-0.15, -0.1) is 16.7 Å². The van der Waals surface area contributed by atoms with Crippen molar-refractivity contribution in [1.82, 2.24) is 0 Å². The van der Waals surface area contributed by atoms with Gasteiger partial charge in [0.25, 0.3) is 0 Å². The summed E-state index contributed by atoms with van der Waals surface area (Å²) in [5.41, 5.74) is 9.21. The van der Waals surface area contributed by atoms with Crippen LogP contribution >= 0.6 is 11.8 Å². The van der Waals surface area contributed by atoms with Gasteiger partial charge in [0.05, 0.1) is 30.7 Å². The average molecular weight is 567 g/mol. The molecular weight excluding hydrogens is 520 g/mol. The fraction of sp³-hybridized carbons (Fsp3) is 0.455. The Morgan fingerprint density at radius 3 is 2.15 bits per heavy atom. The molecule has 0 bridgehead atoms. The molecule has 7 heteroatoms. The molecule has 2 N–H and O–H groups in total. The molecule has 0 radical (unpaired) electrons. The lowest BCUT2D eigenvalue weighted by Gasteiger charge is -2.22. The minimum Gasteiger partial charge on any atom is -0.496 e. The van der Waals surface area contributed by atoms with E-state index in [4.69, 9.17) is 9.47 Å². The number of rotatable bonds is 16. The quantitative estimate of drug-likeness (QED) is 0.119. The summed E-state index contributed by atoms with van der Waals surface area (Å²) in [6.07, 6.45) is 14.3. The van der Waals surface area contributed by atoms with Crippen LogP contribution in [0.5, 0.6) is 11.5 Å². The summed E-state index contributed by atoms with van der Waals surface area (Å²) in [6.45, 7) is 12.9. The highest BCUT2D eigenvalue weighted by atomic mass is 32.2. The Morgan fingerprint density at radius 1 is 0.925 bits per heavy atom. The lowest BCUT2D eigenvalue weighted by atomic mass is 9.97. The third-order valence-electron chi connectivity index (χ3n) is 6.79. The van der Waals surface area contributed by atoms with Crippen molar-refractivity contribution in [3.05, 3.63) is 75.3 Å². The number of hydrogen-bond donors (Lipinski definition) is 2. The van der Waals surface area contributed by atoms with Crippen LogP contribution < -0.4 is 15.0 Å². The molecule has 2 aromatic carbocycles. The molecule has 0 aromatic heterocycles. The summed E-state index contributed by atoms with van der Waals surface area (Å²) in [4.78, 5) is 11.8. The van der Waals surface area contributed by atoms with Crippen molar-refractivity contribution >= 4 is 33.9 Å². The molecule has 1 unspecified atom stereocenters. The average Bonchev–Trinajstić information content (AvgIpc) is 2.92. The lowest BCUT2D eigenvalue weighted by molar-refractivity contribution is 0.388. The predicted molar refractivity (Wildman–Crippen MR) is 173 cm³/mol. The largest absolute Gasteiger partial charge is 0.496 e. The molecule has 0 aliphatic rings. The van der Waals surface area contributed by atoms with E-state index in [0.29, 0.717) is 28.0 Å². The second kappa shape index (κ2) is 16.9. The Balaban J connectivity index is 2.34. The Morgan fingerprint density at radius 2 is 1.57 bits per heavy atom. The SMILES string of the molecule is COc1cc(C(CC=C(C)C)SC/C=C(\C)CC/C=C(\C)CCC=C(C)C)c(OC)c2c(N=O)ccc(NO)c12. The monoisotopic (exact) mass is 566 g/mol. The Kier molecular flexibility index (Phi) is 14.0. The molecule has 2 rings (SSSR count). The second-order valence-electron chi connectivity index (χ2n) is 10.6.